The fourth-order valence-corrected chi connectivity index (χ4v) is 1.78. The van der Waals surface area contributed by atoms with E-state index in [1.807, 2.05) is 6.92 Å². The molecule has 0 aliphatic rings. The van der Waals surface area contributed by atoms with Gasteiger partial charge in [0.05, 0.1) is 0 Å². The highest BCUT2D eigenvalue weighted by molar-refractivity contribution is 5.92. The fraction of sp³-hybridized carbons (Fsp3) is 0.250. The first-order chi connectivity index (χ1) is 7.63. The van der Waals surface area contributed by atoms with E-state index in [1.54, 1.807) is 6.07 Å². The van der Waals surface area contributed by atoms with Crippen LogP contribution in [-0.4, -0.2) is 5.11 Å². The third kappa shape index (κ3) is 1.62. The molecule has 3 N–H and O–H groups in total. The highest BCUT2D eigenvalue weighted by Crippen LogP contribution is 2.30. The van der Waals surface area contributed by atoms with Crippen LogP contribution in [0.3, 0.4) is 0 Å². The second kappa shape index (κ2) is 3.89. The van der Waals surface area contributed by atoms with Gasteiger partial charge in [0.25, 0.3) is 0 Å². The van der Waals surface area contributed by atoms with Crippen molar-refractivity contribution in [3.05, 3.63) is 34.2 Å². The van der Waals surface area contributed by atoms with Gasteiger partial charge in [-0.05, 0) is 24.1 Å². The topological polar surface area (TPSA) is 76.5 Å². The highest BCUT2D eigenvalue weighted by Gasteiger charge is 2.10. The van der Waals surface area contributed by atoms with Gasteiger partial charge in [-0.1, -0.05) is 13.3 Å². The molecule has 0 spiro atoms. The number of aryl methyl sites for hydroxylation is 1. The number of fused-ring (bicyclic) bond motifs is 1. The molecule has 1 heterocycles. The first-order valence-electron chi connectivity index (χ1n) is 5.17. The van der Waals surface area contributed by atoms with Crippen LogP contribution in [0.1, 0.15) is 18.9 Å². The Morgan fingerprint density at radius 1 is 1.44 bits per heavy atom. The Kier molecular flexibility index (Phi) is 2.56. The van der Waals surface area contributed by atoms with Gasteiger partial charge in [0.1, 0.15) is 11.4 Å². The molecule has 0 radical (unpaired) electrons. The van der Waals surface area contributed by atoms with Crippen LogP contribution < -0.4 is 11.4 Å². The summed E-state index contributed by atoms with van der Waals surface area (Å²) in [5, 5.41) is 10.2. The molecule has 0 aliphatic heterocycles. The zero-order valence-corrected chi connectivity index (χ0v) is 8.99. The molecule has 2 aromatic rings. The largest absolute Gasteiger partial charge is 0.506 e. The monoisotopic (exact) mass is 219 g/mol. The molecule has 1 aromatic carbocycles. The minimum atomic E-state index is -0.437. The van der Waals surface area contributed by atoms with E-state index in [-0.39, 0.29) is 17.0 Å². The summed E-state index contributed by atoms with van der Waals surface area (Å²) in [6.45, 7) is 2.03. The van der Waals surface area contributed by atoms with Gasteiger partial charge in [0.2, 0.25) is 0 Å². The Hall–Kier alpha value is -1.97. The molecule has 0 saturated heterocycles. The lowest BCUT2D eigenvalue weighted by Gasteiger charge is -2.06. The van der Waals surface area contributed by atoms with Crippen molar-refractivity contribution >= 4 is 16.7 Å². The predicted molar refractivity (Wildman–Crippen MR) is 62.6 cm³/mol. The van der Waals surface area contributed by atoms with Gasteiger partial charge in [-0.25, -0.2) is 4.79 Å². The summed E-state index contributed by atoms with van der Waals surface area (Å²) in [7, 11) is 0. The maximum absolute atomic E-state index is 11.3. The summed E-state index contributed by atoms with van der Waals surface area (Å²) < 4.78 is 5.02. The standard InChI is InChI=1S/C12H13NO3/c1-2-3-7-6-10(15)16-12-8(7)4-5-9(14)11(12)13/h4-6,14H,2-3,13H2,1H3. The highest BCUT2D eigenvalue weighted by atomic mass is 16.4. The van der Waals surface area contributed by atoms with Gasteiger partial charge in [-0.15, -0.1) is 0 Å². The third-order valence-electron chi connectivity index (χ3n) is 2.53. The Morgan fingerprint density at radius 3 is 2.88 bits per heavy atom. The summed E-state index contributed by atoms with van der Waals surface area (Å²) in [4.78, 5) is 11.3. The Bertz CT molecular complexity index is 587. The summed E-state index contributed by atoms with van der Waals surface area (Å²) in [5.74, 6) is -0.0655. The van der Waals surface area contributed by atoms with Gasteiger partial charge in [0.15, 0.2) is 5.58 Å². The molecular formula is C12H13NO3. The Labute approximate surface area is 92.3 Å². The van der Waals surface area contributed by atoms with E-state index in [0.29, 0.717) is 0 Å². The van der Waals surface area contributed by atoms with Crippen LogP contribution in [0.25, 0.3) is 11.0 Å². The molecule has 0 unspecified atom stereocenters. The zero-order valence-electron chi connectivity index (χ0n) is 8.99. The molecule has 2 rings (SSSR count). The lowest BCUT2D eigenvalue weighted by atomic mass is 10.0. The van der Waals surface area contributed by atoms with E-state index >= 15 is 0 Å². The molecular weight excluding hydrogens is 206 g/mol. The summed E-state index contributed by atoms with van der Waals surface area (Å²) in [5.41, 5.74) is 6.53. The van der Waals surface area contributed by atoms with Crippen molar-refractivity contribution in [3.63, 3.8) is 0 Å². The molecule has 0 saturated carbocycles. The van der Waals surface area contributed by atoms with E-state index in [4.69, 9.17) is 10.2 Å². The number of phenols is 1. The number of aromatic hydroxyl groups is 1. The average Bonchev–Trinajstić information content (AvgIpc) is 2.24. The first kappa shape index (κ1) is 10.5. The van der Waals surface area contributed by atoms with Crippen LogP contribution >= 0.6 is 0 Å². The molecule has 0 atom stereocenters. The van der Waals surface area contributed by atoms with E-state index in [1.165, 1.54) is 12.1 Å². The molecule has 0 bridgehead atoms. The number of hydrogen-bond acceptors (Lipinski definition) is 4. The minimum absolute atomic E-state index is 0.0655. The molecule has 4 heteroatoms. The summed E-state index contributed by atoms with van der Waals surface area (Å²) in [6, 6.07) is 4.70. The van der Waals surface area contributed by atoms with Crippen molar-refractivity contribution < 1.29 is 9.52 Å². The van der Waals surface area contributed by atoms with Crippen LogP contribution in [-0.2, 0) is 6.42 Å². The van der Waals surface area contributed by atoms with E-state index in [2.05, 4.69) is 0 Å². The van der Waals surface area contributed by atoms with Crippen LogP contribution in [0.15, 0.2) is 27.4 Å². The maximum atomic E-state index is 11.3. The van der Waals surface area contributed by atoms with Crippen LogP contribution in [0.2, 0.25) is 0 Å². The van der Waals surface area contributed by atoms with Crippen molar-refractivity contribution in [1.29, 1.82) is 0 Å². The van der Waals surface area contributed by atoms with E-state index in [0.717, 1.165) is 23.8 Å². The Balaban J connectivity index is 2.83. The molecule has 1 aromatic heterocycles. The number of anilines is 1. The molecule has 16 heavy (non-hydrogen) atoms. The van der Waals surface area contributed by atoms with Crippen LogP contribution in [0.5, 0.6) is 5.75 Å². The van der Waals surface area contributed by atoms with E-state index in [9.17, 15) is 9.90 Å². The normalized spacial score (nSPS) is 10.8. The van der Waals surface area contributed by atoms with Crippen LogP contribution in [0, 0.1) is 0 Å². The molecule has 0 amide bonds. The van der Waals surface area contributed by atoms with Gasteiger partial charge in [-0.2, -0.15) is 0 Å². The number of nitrogens with two attached hydrogens (primary N) is 1. The zero-order chi connectivity index (χ0) is 11.7. The van der Waals surface area contributed by atoms with Gasteiger partial charge in [-0.3, -0.25) is 0 Å². The third-order valence-corrected chi connectivity index (χ3v) is 2.53. The second-order valence-electron chi connectivity index (χ2n) is 3.72. The van der Waals surface area contributed by atoms with Crippen molar-refractivity contribution in [1.82, 2.24) is 0 Å². The van der Waals surface area contributed by atoms with Gasteiger partial charge >= 0.3 is 5.63 Å². The predicted octanol–water partition coefficient (Wildman–Crippen LogP) is 2.03. The number of phenolic OH excluding ortho intramolecular Hbond substituents is 1. The SMILES string of the molecule is CCCc1cc(=O)oc2c(N)c(O)ccc12. The molecule has 0 fully saturated rings. The smallest absolute Gasteiger partial charge is 0.336 e. The quantitative estimate of drug-likeness (QED) is 0.460. The van der Waals surface area contributed by atoms with E-state index < -0.39 is 5.63 Å². The van der Waals surface area contributed by atoms with Crippen molar-refractivity contribution in [2.75, 3.05) is 5.73 Å². The molecule has 0 aliphatic carbocycles. The van der Waals surface area contributed by atoms with Gasteiger partial charge < -0.3 is 15.3 Å². The minimum Gasteiger partial charge on any atom is -0.506 e. The van der Waals surface area contributed by atoms with Crippen molar-refractivity contribution in [3.8, 4) is 5.75 Å². The number of rotatable bonds is 2. The summed E-state index contributed by atoms with van der Waals surface area (Å²) in [6.07, 6.45) is 1.71. The number of nitrogen functional groups attached to an aromatic ring is 1. The van der Waals surface area contributed by atoms with Crippen molar-refractivity contribution in [2.24, 2.45) is 0 Å². The lowest BCUT2D eigenvalue weighted by Crippen LogP contribution is -2.02. The Morgan fingerprint density at radius 2 is 2.19 bits per heavy atom. The molecule has 84 valence electrons. The van der Waals surface area contributed by atoms with Crippen molar-refractivity contribution in [2.45, 2.75) is 19.8 Å². The number of hydrogen-bond donors (Lipinski definition) is 2. The van der Waals surface area contributed by atoms with Gasteiger partial charge in [0, 0.05) is 11.5 Å². The summed E-state index contributed by atoms with van der Waals surface area (Å²) >= 11 is 0. The fourth-order valence-electron chi connectivity index (χ4n) is 1.78. The first-order valence-corrected chi connectivity index (χ1v) is 5.17. The maximum Gasteiger partial charge on any atom is 0.336 e. The second-order valence-corrected chi connectivity index (χ2v) is 3.72. The van der Waals surface area contributed by atoms with Crippen LogP contribution in [0.4, 0.5) is 5.69 Å². The number of benzene rings is 1. The average molecular weight is 219 g/mol. The molecule has 4 nitrogen and oxygen atoms in total. The lowest BCUT2D eigenvalue weighted by molar-refractivity contribution is 0.476.